The topological polar surface area (TPSA) is 82.5 Å². The number of carbonyl (C=O) groups excluding carboxylic acids is 1. The van der Waals surface area contributed by atoms with Crippen molar-refractivity contribution in [1.82, 2.24) is 10.3 Å². The summed E-state index contributed by atoms with van der Waals surface area (Å²) >= 11 is 0. The molecule has 2 rings (SSSR count). The number of aromatic hydroxyl groups is 1. The summed E-state index contributed by atoms with van der Waals surface area (Å²) in [5, 5.41) is 22.0. The molecule has 0 unspecified atom stereocenters. The van der Waals surface area contributed by atoms with Crippen LogP contribution in [0.3, 0.4) is 0 Å². The third kappa shape index (κ3) is 2.74. The number of aliphatic hydroxyl groups excluding tert-OH is 1. The Bertz CT molecular complexity index is 408. The summed E-state index contributed by atoms with van der Waals surface area (Å²) in [6.45, 7) is 0. The van der Waals surface area contributed by atoms with Crippen LogP contribution in [0.2, 0.25) is 0 Å². The Balaban J connectivity index is 2.04. The molecule has 1 heterocycles. The van der Waals surface area contributed by atoms with Crippen LogP contribution in [0.5, 0.6) is 5.75 Å². The number of aromatic nitrogens is 1. The minimum atomic E-state index is -0.489. The Kier molecular flexibility index (Phi) is 3.58. The van der Waals surface area contributed by atoms with Gasteiger partial charge < -0.3 is 15.5 Å². The van der Waals surface area contributed by atoms with Gasteiger partial charge in [-0.3, -0.25) is 9.78 Å². The van der Waals surface area contributed by atoms with Gasteiger partial charge in [-0.2, -0.15) is 0 Å². The van der Waals surface area contributed by atoms with Crippen molar-refractivity contribution in [2.24, 2.45) is 0 Å². The minimum absolute atomic E-state index is 0.143. The largest absolute Gasteiger partial charge is 0.505 e. The fourth-order valence-electron chi connectivity index (χ4n) is 2.10. The smallest absolute Gasteiger partial charge is 0.255 e. The lowest BCUT2D eigenvalue weighted by molar-refractivity contribution is 0.0715. The van der Waals surface area contributed by atoms with Gasteiger partial charge in [0.2, 0.25) is 0 Å². The molecule has 0 saturated heterocycles. The van der Waals surface area contributed by atoms with E-state index < -0.39 is 6.10 Å². The molecule has 2 atom stereocenters. The van der Waals surface area contributed by atoms with Crippen LogP contribution < -0.4 is 5.32 Å². The molecular weight excluding hydrogens is 220 g/mol. The van der Waals surface area contributed by atoms with E-state index in [9.17, 15) is 15.0 Å². The molecular formula is C12H16N2O3. The first-order valence-electron chi connectivity index (χ1n) is 5.80. The van der Waals surface area contributed by atoms with E-state index in [0.29, 0.717) is 6.42 Å². The van der Waals surface area contributed by atoms with Crippen LogP contribution in [0.15, 0.2) is 18.5 Å². The molecule has 1 amide bonds. The van der Waals surface area contributed by atoms with Crippen molar-refractivity contribution in [2.45, 2.75) is 37.8 Å². The maximum absolute atomic E-state index is 11.9. The molecule has 0 spiro atoms. The van der Waals surface area contributed by atoms with Crippen LogP contribution in [-0.4, -0.2) is 33.3 Å². The lowest BCUT2D eigenvalue weighted by Gasteiger charge is -2.28. The molecule has 1 aromatic rings. The Labute approximate surface area is 99.5 Å². The van der Waals surface area contributed by atoms with Crippen molar-refractivity contribution in [1.29, 1.82) is 0 Å². The van der Waals surface area contributed by atoms with E-state index in [1.165, 1.54) is 18.5 Å². The van der Waals surface area contributed by atoms with Crippen LogP contribution in [0.1, 0.15) is 36.0 Å². The summed E-state index contributed by atoms with van der Waals surface area (Å²) in [5.74, 6) is -0.508. The van der Waals surface area contributed by atoms with Crippen LogP contribution in [0.4, 0.5) is 0 Å². The van der Waals surface area contributed by atoms with Gasteiger partial charge >= 0.3 is 0 Å². The van der Waals surface area contributed by atoms with Gasteiger partial charge in [-0.25, -0.2) is 0 Å². The molecule has 1 saturated carbocycles. The molecule has 0 radical (unpaired) electrons. The fraction of sp³-hybridized carbons (Fsp3) is 0.500. The average molecular weight is 236 g/mol. The highest BCUT2D eigenvalue weighted by Gasteiger charge is 2.25. The van der Waals surface area contributed by atoms with Gasteiger partial charge in [-0.05, 0) is 18.9 Å². The quantitative estimate of drug-likeness (QED) is 0.710. The first-order valence-corrected chi connectivity index (χ1v) is 5.80. The second-order valence-corrected chi connectivity index (χ2v) is 4.32. The van der Waals surface area contributed by atoms with E-state index in [4.69, 9.17) is 0 Å². The fourth-order valence-corrected chi connectivity index (χ4v) is 2.10. The summed E-state index contributed by atoms with van der Waals surface area (Å²) in [6.07, 6.45) is 5.68. The predicted octanol–water partition coefficient (Wildman–Crippen LogP) is 0.820. The number of amides is 1. The second-order valence-electron chi connectivity index (χ2n) is 4.32. The third-order valence-corrected chi connectivity index (χ3v) is 3.09. The number of aliphatic hydroxyl groups is 1. The van der Waals surface area contributed by atoms with Gasteiger partial charge in [0.05, 0.1) is 23.9 Å². The van der Waals surface area contributed by atoms with Crippen LogP contribution in [0, 0.1) is 0 Å². The van der Waals surface area contributed by atoms with Gasteiger partial charge in [0.15, 0.2) is 0 Å². The Morgan fingerprint density at radius 2 is 2.18 bits per heavy atom. The first kappa shape index (κ1) is 11.9. The van der Waals surface area contributed by atoms with E-state index in [1.54, 1.807) is 0 Å². The Hall–Kier alpha value is -1.62. The molecule has 5 nitrogen and oxygen atoms in total. The Morgan fingerprint density at radius 1 is 1.41 bits per heavy atom. The number of rotatable bonds is 2. The SMILES string of the molecule is O=C(N[C@H]1CCCC[C@@H]1O)c1ccncc1O. The van der Waals surface area contributed by atoms with E-state index in [2.05, 4.69) is 10.3 Å². The highest BCUT2D eigenvalue weighted by atomic mass is 16.3. The number of hydrogen-bond acceptors (Lipinski definition) is 4. The minimum Gasteiger partial charge on any atom is -0.505 e. The summed E-state index contributed by atoms with van der Waals surface area (Å²) < 4.78 is 0. The van der Waals surface area contributed by atoms with E-state index in [1.807, 2.05) is 0 Å². The van der Waals surface area contributed by atoms with Crippen molar-refractivity contribution in [3.63, 3.8) is 0 Å². The van der Waals surface area contributed by atoms with Crippen LogP contribution >= 0.6 is 0 Å². The first-order chi connectivity index (χ1) is 8.18. The maximum atomic E-state index is 11.9. The van der Waals surface area contributed by atoms with Crippen molar-refractivity contribution < 1.29 is 15.0 Å². The second kappa shape index (κ2) is 5.14. The highest BCUT2D eigenvalue weighted by molar-refractivity contribution is 5.96. The number of carbonyl (C=O) groups is 1. The molecule has 1 aromatic heterocycles. The predicted molar refractivity (Wildman–Crippen MR) is 61.6 cm³/mol. The van der Waals surface area contributed by atoms with Crippen molar-refractivity contribution >= 4 is 5.91 Å². The van der Waals surface area contributed by atoms with Gasteiger partial charge in [0.1, 0.15) is 5.75 Å². The van der Waals surface area contributed by atoms with E-state index >= 15 is 0 Å². The zero-order valence-electron chi connectivity index (χ0n) is 9.47. The number of nitrogens with zero attached hydrogens (tertiary/aromatic N) is 1. The van der Waals surface area contributed by atoms with Crippen LogP contribution in [0.25, 0.3) is 0 Å². The molecule has 0 aromatic carbocycles. The highest BCUT2D eigenvalue weighted by Crippen LogP contribution is 2.20. The third-order valence-electron chi connectivity index (χ3n) is 3.09. The number of pyridine rings is 1. The maximum Gasteiger partial charge on any atom is 0.255 e. The van der Waals surface area contributed by atoms with Gasteiger partial charge in [0.25, 0.3) is 5.91 Å². The van der Waals surface area contributed by atoms with E-state index in [0.717, 1.165) is 19.3 Å². The van der Waals surface area contributed by atoms with Crippen LogP contribution in [-0.2, 0) is 0 Å². The summed E-state index contributed by atoms with van der Waals surface area (Å²) in [7, 11) is 0. The number of hydrogen-bond donors (Lipinski definition) is 3. The normalized spacial score (nSPS) is 24.3. The molecule has 5 heteroatoms. The van der Waals surface area contributed by atoms with Gasteiger partial charge in [0, 0.05) is 6.20 Å². The molecule has 1 fully saturated rings. The number of nitrogens with one attached hydrogen (secondary N) is 1. The average Bonchev–Trinajstić information content (AvgIpc) is 2.32. The lowest BCUT2D eigenvalue weighted by atomic mass is 9.92. The van der Waals surface area contributed by atoms with Crippen molar-refractivity contribution in [3.8, 4) is 5.75 Å². The van der Waals surface area contributed by atoms with Gasteiger partial charge in [-0.15, -0.1) is 0 Å². The molecule has 92 valence electrons. The summed E-state index contributed by atoms with van der Waals surface area (Å²) in [6, 6.07) is 1.24. The monoisotopic (exact) mass is 236 g/mol. The van der Waals surface area contributed by atoms with Gasteiger partial charge in [-0.1, -0.05) is 12.8 Å². The standard InChI is InChI=1S/C12H16N2O3/c15-10-4-2-1-3-9(10)14-12(17)8-5-6-13-7-11(8)16/h5-7,9-10,15-16H,1-4H2,(H,14,17)/t9-,10-/m0/s1. The Morgan fingerprint density at radius 3 is 2.88 bits per heavy atom. The van der Waals surface area contributed by atoms with Crippen molar-refractivity contribution in [3.05, 3.63) is 24.0 Å². The molecule has 0 aliphatic heterocycles. The molecule has 1 aliphatic rings. The molecule has 0 bridgehead atoms. The zero-order valence-corrected chi connectivity index (χ0v) is 9.47. The molecule has 1 aliphatic carbocycles. The molecule has 3 N–H and O–H groups in total. The van der Waals surface area contributed by atoms with Crippen molar-refractivity contribution in [2.75, 3.05) is 0 Å². The zero-order chi connectivity index (χ0) is 12.3. The summed E-state index contributed by atoms with van der Waals surface area (Å²) in [5.41, 5.74) is 0.192. The summed E-state index contributed by atoms with van der Waals surface area (Å²) in [4.78, 5) is 15.6. The van der Waals surface area contributed by atoms with E-state index in [-0.39, 0.29) is 23.3 Å². The lowest BCUT2D eigenvalue weighted by Crippen LogP contribution is -2.45. The molecule has 17 heavy (non-hydrogen) atoms.